The van der Waals surface area contributed by atoms with Crippen molar-refractivity contribution in [3.63, 3.8) is 0 Å². The fraction of sp³-hybridized carbons (Fsp3) is 0.833. The van der Waals surface area contributed by atoms with E-state index < -0.39 is 19.8 Å². The molecule has 2 atom stereocenters. The Kier molecular flexibility index (Phi) is 6.05. The minimum Gasteiger partial charge on any atom is -0.450 e. The lowest BCUT2D eigenvalue weighted by Crippen LogP contribution is -2.65. The fourth-order valence-electron chi connectivity index (χ4n) is 3.29. The van der Waals surface area contributed by atoms with Gasteiger partial charge in [-0.05, 0) is 26.8 Å². The Hall–Kier alpha value is -1.57. The summed E-state index contributed by atoms with van der Waals surface area (Å²) in [6.07, 6.45) is -0.244. The van der Waals surface area contributed by atoms with Gasteiger partial charge in [-0.3, -0.25) is 9.69 Å². The number of ketones is 1. The Morgan fingerprint density at radius 3 is 2.08 bits per heavy atom. The van der Waals surface area contributed by atoms with Crippen LogP contribution in [0.15, 0.2) is 0 Å². The first-order chi connectivity index (χ1) is 11.9. The molecule has 2 unspecified atom stereocenters. The lowest BCUT2D eigenvalue weighted by atomic mass is 9.91. The summed E-state index contributed by atoms with van der Waals surface area (Å²) in [5.74, 6) is 0.131. The highest BCUT2D eigenvalue weighted by atomic mass is 28.3. The van der Waals surface area contributed by atoms with Crippen molar-refractivity contribution in [1.82, 2.24) is 9.80 Å². The summed E-state index contributed by atoms with van der Waals surface area (Å²) in [6, 6.07) is 0.242. The minimum atomic E-state index is -1.26. The van der Waals surface area contributed by atoms with Crippen LogP contribution in [-0.4, -0.2) is 73.2 Å². The van der Waals surface area contributed by atoms with Gasteiger partial charge in [0.15, 0.2) is 0 Å². The van der Waals surface area contributed by atoms with Gasteiger partial charge in [-0.15, -0.1) is 0 Å². The second kappa shape index (κ2) is 7.58. The number of likely N-dealkylation sites (tertiary alicyclic amines) is 1. The Morgan fingerprint density at radius 2 is 1.62 bits per heavy atom. The van der Waals surface area contributed by atoms with Gasteiger partial charge >= 0.3 is 12.2 Å². The minimum absolute atomic E-state index is 0.131. The van der Waals surface area contributed by atoms with E-state index in [1.54, 1.807) is 9.80 Å². The standard InChI is InChI=1S/C18H32N2O5Si/c1-18(2,3)25-17(23)20-13-9-15(21)10-14(20)12-19(11-13)16(22)24-7-8-26(4,5)6/h13-14H,7-12H2,1-6H3. The number of hydrogen-bond acceptors (Lipinski definition) is 5. The molecule has 2 amide bonds. The summed E-state index contributed by atoms with van der Waals surface area (Å²) in [7, 11) is -1.26. The predicted octanol–water partition coefficient (Wildman–Crippen LogP) is 3.11. The molecule has 2 aliphatic rings. The molecule has 2 saturated heterocycles. The number of carbonyl (C=O) groups excluding carboxylic acids is 3. The Labute approximate surface area is 157 Å². The number of piperidine rings is 1. The van der Waals surface area contributed by atoms with Crippen molar-refractivity contribution in [3.05, 3.63) is 0 Å². The summed E-state index contributed by atoms with van der Waals surface area (Å²) in [5, 5.41) is 0. The van der Waals surface area contributed by atoms with Crippen LogP contribution in [0.5, 0.6) is 0 Å². The summed E-state index contributed by atoms with van der Waals surface area (Å²) < 4.78 is 10.9. The number of amides is 2. The maximum atomic E-state index is 12.6. The molecule has 0 saturated carbocycles. The van der Waals surface area contributed by atoms with Crippen LogP contribution in [0.4, 0.5) is 9.59 Å². The summed E-state index contributed by atoms with van der Waals surface area (Å²) in [5.41, 5.74) is -0.595. The lowest BCUT2D eigenvalue weighted by molar-refractivity contribution is -0.128. The number of rotatable bonds is 3. The largest absolute Gasteiger partial charge is 0.450 e. The van der Waals surface area contributed by atoms with Crippen LogP contribution in [0.25, 0.3) is 0 Å². The number of hydrogen-bond donors (Lipinski definition) is 0. The normalized spacial score (nSPS) is 23.7. The first-order valence-corrected chi connectivity index (χ1v) is 13.0. The van der Waals surface area contributed by atoms with Crippen LogP contribution in [0.1, 0.15) is 33.6 Å². The van der Waals surface area contributed by atoms with E-state index in [0.29, 0.717) is 19.7 Å². The van der Waals surface area contributed by atoms with Gasteiger partial charge in [-0.2, -0.15) is 0 Å². The van der Waals surface area contributed by atoms with E-state index in [-0.39, 0.29) is 36.8 Å². The highest BCUT2D eigenvalue weighted by Crippen LogP contribution is 2.29. The van der Waals surface area contributed by atoms with Gasteiger partial charge in [0.2, 0.25) is 0 Å². The van der Waals surface area contributed by atoms with Crippen molar-refractivity contribution in [2.45, 2.75) is 77.0 Å². The molecule has 0 aliphatic carbocycles. The van der Waals surface area contributed by atoms with E-state index in [9.17, 15) is 14.4 Å². The molecule has 148 valence electrons. The molecule has 2 fully saturated rings. The second-order valence-electron chi connectivity index (χ2n) is 9.47. The van der Waals surface area contributed by atoms with Gasteiger partial charge in [-0.25, -0.2) is 9.59 Å². The maximum Gasteiger partial charge on any atom is 0.410 e. The summed E-state index contributed by atoms with van der Waals surface area (Å²) >= 11 is 0. The molecule has 0 spiro atoms. The third-order valence-corrected chi connectivity index (χ3v) is 6.22. The van der Waals surface area contributed by atoms with Crippen molar-refractivity contribution < 1.29 is 23.9 Å². The molecule has 7 nitrogen and oxygen atoms in total. The van der Waals surface area contributed by atoms with E-state index in [0.717, 1.165) is 6.04 Å². The molecule has 0 N–H and O–H groups in total. The molecule has 26 heavy (non-hydrogen) atoms. The number of fused-ring (bicyclic) bond motifs is 2. The van der Waals surface area contributed by atoms with E-state index in [1.807, 2.05) is 20.8 Å². The average molecular weight is 385 g/mol. The number of piperazine rings is 1. The average Bonchev–Trinajstić information content (AvgIpc) is 2.41. The van der Waals surface area contributed by atoms with Crippen molar-refractivity contribution in [3.8, 4) is 0 Å². The van der Waals surface area contributed by atoms with Gasteiger partial charge in [-0.1, -0.05) is 19.6 Å². The molecule has 0 radical (unpaired) electrons. The predicted molar refractivity (Wildman–Crippen MR) is 101 cm³/mol. The third-order valence-electron chi connectivity index (χ3n) is 4.52. The van der Waals surface area contributed by atoms with Gasteiger partial charge in [0, 0.05) is 34.0 Å². The number of ether oxygens (including phenoxy) is 2. The summed E-state index contributed by atoms with van der Waals surface area (Å²) in [4.78, 5) is 40.2. The van der Waals surface area contributed by atoms with Gasteiger partial charge in [0.05, 0.1) is 18.7 Å². The van der Waals surface area contributed by atoms with Crippen LogP contribution >= 0.6 is 0 Å². The first-order valence-electron chi connectivity index (χ1n) is 9.30. The zero-order chi connectivity index (χ0) is 19.7. The highest BCUT2D eigenvalue weighted by molar-refractivity contribution is 6.76. The Morgan fingerprint density at radius 1 is 1.08 bits per heavy atom. The van der Waals surface area contributed by atoms with E-state index >= 15 is 0 Å². The van der Waals surface area contributed by atoms with Crippen molar-refractivity contribution in [1.29, 1.82) is 0 Å². The van der Waals surface area contributed by atoms with Gasteiger partial charge < -0.3 is 14.4 Å². The molecule has 2 rings (SSSR count). The van der Waals surface area contributed by atoms with Crippen molar-refractivity contribution >= 4 is 26.0 Å². The van der Waals surface area contributed by atoms with Crippen molar-refractivity contribution in [2.24, 2.45) is 0 Å². The molecule has 2 heterocycles. The maximum absolute atomic E-state index is 12.6. The molecule has 8 heteroatoms. The smallest absolute Gasteiger partial charge is 0.410 e. The van der Waals surface area contributed by atoms with Crippen LogP contribution < -0.4 is 0 Å². The molecule has 2 aliphatic heterocycles. The number of nitrogens with zero attached hydrogens (tertiary/aromatic N) is 2. The summed E-state index contributed by atoms with van der Waals surface area (Å²) in [6.45, 7) is 13.2. The third kappa shape index (κ3) is 5.72. The highest BCUT2D eigenvalue weighted by Gasteiger charge is 2.46. The second-order valence-corrected chi connectivity index (χ2v) is 15.1. The SMILES string of the molecule is CC(C)(C)OC(=O)N1C2CC(=O)CC1CN(C(=O)OCC[Si](C)(C)C)C2. The van der Waals surface area contributed by atoms with Gasteiger partial charge in [0.1, 0.15) is 11.4 Å². The molecule has 0 aromatic heterocycles. The van der Waals surface area contributed by atoms with E-state index in [2.05, 4.69) is 19.6 Å². The fourth-order valence-corrected chi connectivity index (χ4v) is 4.00. The van der Waals surface area contributed by atoms with E-state index in [4.69, 9.17) is 9.47 Å². The van der Waals surface area contributed by atoms with Crippen LogP contribution in [0.2, 0.25) is 25.7 Å². The molecular formula is C18H32N2O5Si. The molecule has 0 aromatic rings. The van der Waals surface area contributed by atoms with Crippen LogP contribution in [0.3, 0.4) is 0 Å². The number of carbonyl (C=O) groups is 3. The Bertz CT molecular complexity index is 549. The Balaban J connectivity index is 2.00. The molecular weight excluding hydrogens is 352 g/mol. The first kappa shape index (κ1) is 20.7. The molecule has 0 aromatic carbocycles. The molecule has 2 bridgehead atoms. The number of Topliss-reactive ketones (excluding diaryl/α,β-unsaturated/α-hetero) is 1. The van der Waals surface area contributed by atoms with Crippen LogP contribution in [-0.2, 0) is 14.3 Å². The lowest BCUT2D eigenvalue weighted by Gasteiger charge is -2.48. The topological polar surface area (TPSA) is 76.2 Å². The zero-order valence-corrected chi connectivity index (χ0v) is 17.8. The van der Waals surface area contributed by atoms with E-state index in [1.165, 1.54) is 0 Å². The quantitative estimate of drug-likeness (QED) is 0.699. The van der Waals surface area contributed by atoms with Crippen LogP contribution in [0, 0.1) is 0 Å². The monoisotopic (exact) mass is 384 g/mol. The zero-order valence-electron chi connectivity index (χ0n) is 16.8. The van der Waals surface area contributed by atoms with Crippen molar-refractivity contribution in [2.75, 3.05) is 19.7 Å². The van der Waals surface area contributed by atoms with Gasteiger partial charge in [0.25, 0.3) is 0 Å².